The van der Waals surface area contributed by atoms with Crippen LogP contribution in [0.15, 0.2) is 30.9 Å². The van der Waals surface area contributed by atoms with Crippen LogP contribution in [0, 0.1) is 0 Å². The Labute approximate surface area is 121 Å². The number of allylic oxidation sites excluding steroid dienone is 1. The third kappa shape index (κ3) is 5.47. The van der Waals surface area contributed by atoms with Crippen molar-refractivity contribution in [3.05, 3.63) is 36.4 Å². The third-order valence-electron chi connectivity index (χ3n) is 3.07. The van der Waals surface area contributed by atoms with Crippen LogP contribution >= 0.6 is 0 Å². The van der Waals surface area contributed by atoms with Crippen molar-refractivity contribution in [2.45, 2.75) is 45.4 Å². The van der Waals surface area contributed by atoms with E-state index in [1.165, 1.54) is 0 Å². The molecule has 0 aliphatic rings. The van der Waals surface area contributed by atoms with E-state index in [4.69, 9.17) is 9.47 Å². The highest BCUT2D eigenvalue weighted by atomic mass is 16.6. The fourth-order valence-corrected chi connectivity index (χ4v) is 1.96. The van der Waals surface area contributed by atoms with Crippen LogP contribution in [0.1, 0.15) is 44.6 Å². The van der Waals surface area contributed by atoms with E-state index in [2.05, 4.69) is 13.5 Å². The van der Waals surface area contributed by atoms with E-state index in [-0.39, 0.29) is 5.97 Å². The van der Waals surface area contributed by atoms with Crippen molar-refractivity contribution in [2.24, 2.45) is 0 Å². The SMILES string of the molecule is C=CCc1ccc(OC(=O)CCCCCC)c(OC)c1. The summed E-state index contributed by atoms with van der Waals surface area (Å²) in [5.74, 6) is 0.878. The van der Waals surface area contributed by atoms with Crippen LogP contribution in [-0.2, 0) is 11.2 Å². The molecule has 1 aromatic rings. The molecule has 0 N–H and O–H groups in total. The van der Waals surface area contributed by atoms with E-state index in [1.54, 1.807) is 13.2 Å². The van der Waals surface area contributed by atoms with Gasteiger partial charge in [-0.2, -0.15) is 0 Å². The van der Waals surface area contributed by atoms with Crippen LogP contribution in [0.3, 0.4) is 0 Å². The van der Waals surface area contributed by atoms with Crippen molar-refractivity contribution in [1.29, 1.82) is 0 Å². The number of methoxy groups -OCH3 is 1. The Morgan fingerprint density at radius 2 is 2.05 bits per heavy atom. The van der Waals surface area contributed by atoms with Crippen LogP contribution in [0.2, 0.25) is 0 Å². The first-order chi connectivity index (χ1) is 9.71. The number of unbranched alkanes of at least 4 members (excludes halogenated alkanes) is 3. The highest BCUT2D eigenvalue weighted by Crippen LogP contribution is 2.28. The second-order valence-corrected chi connectivity index (χ2v) is 4.76. The van der Waals surface area contributed by atoms with Gasteiger partial charge in [-0.3, -0.25) is 4.79 Å². The summed E-state index contributed by atoms with van der Waals surface area (Å²) >= 11 is 0. The molecule has 0 amide bonds. The maximum Gasteiger partial charge on any atom is 0.311 e. The van der Waals surface area contributed by atoms with Gasteiger partial charge in [0.15, 0.2) is 11.5 Å². The average molecular weight is 276 g/mol. The van der Waals surface area contributed by atoms with Gasteiger partial charge >= 0.3 is 5.97 Å². The molecule has 20 heavy (non-hydrogen) atoms. The first-order valence-electron chi connectivity index (χ1n) is 7.19. The summed E-state index contributed by atoms with van der Waals surface area (Å²) in [6.45, 7) is 5.85. The van der Waals surface area contributed by atoms with E-state index < -0.39 is 0 Å². The maximum atomic E-state index is 11.8. The molecule has 0 aromatic heterocycles. The van der Waals surface area contributed by atoms with E-state index in [0.717, 1.165) is 37.7 Å². The van der Waals surface area contributed by atoms with E-state index in [0.29, 0.717) is 17.9 Å². The molecule has 0 radical (unpaired) electrons. The zero-order valence-corrected chi connectivity index (χ0v) is 12.5. The first kappa shape index (κ1) is 16.3. The summed E-state index contributed by atoms with van der Waals surface area (Å²) in [5, 5.41) is 0. The van der Waals surface area contributed by atoms with Gasteiger partial charge in [-0.15, -0.1) is 6.58 Å². The molecule has 0 fully saturated rings. The number of rotatable bonds is 9. The van der Waals surface area contributed by atoms with Crippen molar-refractivity contribution in [3.63, 3.8) is 0 Å². The number of hydrogen-bond donors (Lipinski definition) is 0. The van der Waals surface area contributed by atoms with Crippen molar-refractivity contribution in [3.8, 4) is 11.5 Å². The molecule has 0 aliphatic heterocycles. The first-order valence-corrected chi connectivity index (χ1v) is 7.19. The number of esters is 1. The number of carbonyl (C=O) groups excluding carboxylic acids is 1. The van der Waals surface area contributed by atoms with Gasteiger partial charge in [-0.1, -0.05) is 38.3 Å². The summed E-state index contributed by atoms with van der Waals surface area (Å²) in [5.41, 5.74) is 1.08. The van der Waals surface area contributed by atoms with Gasteiger partial charge < -0.3 is 9.47 Å². The molecule has 0 aliphatic carbocycles. The summed E-state index contributed by atoms with van der Waals surface area (Å²) in [6, 6.07) is 5.58. The van der Waals surface area contributed by atoms with Crippen LogP contribution in [0.25, 0.3) is 0 Å². The molecular formula is C17H24O3. The highest BCUT2D eigenvalue weighted by molar-refractivity contribution is 5.73. The molecule has 110 valence electrons. The van der Waals surface area contributed by atoms with Gasteiger partial charge in [-0.25, -0.2) is 0 Å². The van der Waals surface area contributed by atoms with Crippen LogP contribution < -0.4 is 9.47 Å². The predicted octanol–water partition coefficient (Wildman–Crippen LogP) is 4.30. The van der Waals surface area contributed by atoms with E-state index >= 15 is 0 Å². The van der Waals surface area contributed by atoms with Crippen molar-refractivity contribution >= 4 is 5.97 Å². The molecule has 0 bridgehead atoms. The van der Waals surface area contributed by atoms with Gasteiger partial charge in [0.25, 0.3) is 0 Å². The molecule has 3 nitrogen and oxygen atoms in total. The van der Waals surface area contributed by atoms with Gasteiger partial charge in [0.05, 0.1) is 7.11 Å². The number of hydrogen-bond acceptors (Lipinski definition) is 3. The van der Waals surface area contributed by atoms with Crippen molar-refractivity contribution in [2.75, 3.05) is 7.11 Å². The second kappa shape index (κ2) is 9.18. The van der Waals surface area contributed by atoms with Crippen LogP contribution in [-0.4, -0.2) is 13.1 Å². The number of carbonyl (C=O) groups is 1. The molecule has 0 atom stereocenters. The molecule has 0 unspecified atom stereocenters. The van der Waals surface area contributed by atoms with Crippen molar-refractivity contribution in [1.82, 2.24) is 0 Å². The zero-order chi connectivity index (χ0) is 14.8. The molecule has 1 aromatic carbocycles. The van der Waals surface area contributed by atoms with Gasteiger partial charge in [0.2, 0.25) is 0 Å². The average Bonchev–Trinajstić information content (AvgIpc) is 2.45. The van der Waals surface area contributed by atoms with Crippen molar-refractivity contribution < 1.29 is 14.3 Å². The summed E-state index contributed by atoms with van der Waals surface area (Å²) < 4.78 is 10.6. The Hall–Kier alpha value is -1.77. The lowest BCUT2D eigenvalue weighted by Crippen LogP contribution is -2.08. The minimum atomic E-state index is -0.198. The third-order valence-corrected chi connectivity index (χ3v) is 3.07. The molecule has 0 saturated heterocycles. The Kier molecular flexibility index (Phi) is 7.48. The number of ether oxygens (including phenoxy) is 2. The minimum Gasteiger partial charge on any atom is -0.493 e. The quantitative estimate of drug-likeness (QED) is 0.292. The van der Waals surface area contributed by atoms with Crippen LogP contribution in [0.4, 0.5) is 0 Å². The summed E-state index contributed by atoms with van der Waals surface area (Å²) in [6.07, 6.45) is 7.32. The standard InChI is InChI=1S/C17H24O3/c1-4-6-7-8-10-17(18)20-15-12-11-14(9-5-2)13-16(15)19-3/h5,11-13H,2,4,6-10H2,1,3H3. The molecule has 3 heteroatoms. The largest absolute Gasteiger partial charge is 0.493 e. The van der Waals surface area contributed by atoms with Crippen LogP contribution in [0.5, 0.6) is 11.5 Å². The van der Waals surface area contributed by atoms with E-state index in [1.807, 2.05) is 18.2 Å². The summed E-state index contributed by atoms with van der Waals surface area (Å²) in [4.78, 5) is 11.8. The van der Waals surface area contributed by atoms with E-state index in [9.17, 15) is 4.79 Å². The fourth-order valence-electron chi connectivity index (χ4n) is 1.96. The maximum absolute atomic E-state index is 11.8. The molecule has 1 rings (SSSR count). The van der Waals surface area contributed by atoms with Gasteiger partial charge in [0.1, 0.15) is 0 Å². The second-order valence-electron chi connectivity index (χ2n) is 4.76. The molecule has 0 saturated carbocycles. The lowest BCUT2D eigenvalue weighted by Gasteiger charge is -2.10. The fraction of sp³-hybridized carbons (Fsp3) is 0.471. The molecule has 0 spiro atoms. The topological polar surface area (TPSA) is 35.5 Å². The molecular weight excluding hydrogens is 252 g/mol. The smallest absolute Gasteiger partial charge is 0.311 e. The highest BCUT2D eigenvalue weighted by Gasteiger charge is 2.10. The minimum absolute atomic E-state index is 0.198. The Morgan fingerprint density at radius 3 is 2.70 bits per heavy atom. The molecule has 0 heterocycles. The lowest BCUT2D eigenvalue weighted by atomic mass is 10.1. The predicted molar refractivity (Wildman–Crippen MR) is 81.3 cm³/mol. The Bertz CT molecular complexity index is 438. The zero-order valence-electron chi connectivity index (χ0n) is 12.5. The Morgan fingerprint density at radius 1 is 1.25 bits per heavy atom. The van der Waals surface area contributed by atoms with Gasteiger partial charge in [0, 0.05) is 6.42 Å². The monoisotopic (exact) mass is 276 g/mol. The number of benzene rings is 1. The Balaban J connectivity index is 2.57. The normalized spacial score (nSPS) is 10.1. The lowest BCUT2D eigenvalue weighted by molar-refractivity contribution is -0.134. The van der Waals surface area contributed by atoms with Gasteiger partial charge in [-0.05, 0) is 30.5 Å². The summed E-state index contributed by atoms with van der Waals surface area (Å²) in [7, 11) is 1.58.